The Bertz CT molecular complexity index is 893. The molecule has 0 bridgehead atoms. The van der Waals surface area contributed by atoms with Crippen molar-refractivity contribution in [1.82, 2.24) is 19.6 Å². The molecule has 0 atom stereocenters. The van der Waals surface area contributed by atoms with E-state index in [1.165, 1.54) is 11.8 Å². The molecule has 0 spiro atoms. The molecule has 6 nitrogen and oxygen atoms in total. The van der Waals surface area contributed by atoms with E-state index in [9.17, 15) is 4.79 Å². The van der Waals surface area contributed by atoms with Gasteiger partial charge in [0.15, 0.2) is 0 Å². The maximum absolute atomic E-state index is 12.2. The monoisotopic (exact) mass is 359 g/mol. The van der Waals surface area contributed by atoms with Crippen LogP contribution < -0.4 is 5.32 Å². The molecule has 124 valence electrons. The average molecular weight is 359 g/mol. The van der Waals surface area contributed by atoms with Gasteiger partial charge in [-0.1, -0.05) is 23.9 Å². The number of anilines is 1. The summed E-state index contributed by atoms with van der Waals surface area (Å²) in [5, 5.41) is 7.86. The predicted octanol–water partition coefficient (Wildman–Crippen LogP) is 3.19. The highest BCUT2D eigenvalue weighted by atomic mass is 32.2. The van der Waals surface area contributed by atoms with Crippen LogP contribution in [0.4, 0.5) is 5.69 Å². The first-order valence-corrected chi connectivity index (χ1v) is 9.54. The Hall–Kier alpha value is -2.06. The molecule has 8 heteroatoms. The van der Waals surface area contributed by atoms with E-state index in [-0.39, 0.29) is 11.7 Å². The van der Waals surface area contributed by atoms with Crippen molar-refractivity contribution in [1.29, 1.82) is 0 Å². The minimum atomic E-state index is -0.0822. The molecule has 0 aliphatic heterocycles. The van der Waals surface area contributed by atoms with Gasteiger partial charge in [0.1, 0.15) is 0 Å². The third-order valence-electron chi connectivity index (χ3n) is 3.31. The molecule has 1 N–H and O–H groups in total. The number of hydrogen-bond donors (Lipinski definition) is 1. The van der Waals surface area contributed by atoms with Gasteiger partial charge in [-0.25, -0.2) is 9.50 Å². The molecule has 3 aromatic rings. The highest BCUT2D eigenvalue weighted by molar-refractivity contribution is 7.99. The summed E-state index contributed by atoms with van der Waals surface area (Å²) in [6, 6.07) is 9.68. The number of hydrogen-bond acceptors (Lipinski definition) is 6. The topological polar surface area (TPSA) is 72.2 Å². The summed E-state index contributed by atoms with van der Waals surface area (Å²) in [5.74, 6) is 0.724. The number of carbonyl (C=O) groups is 1. The maximum atomic E-state index is 12.2. The first kappa shape index (κ1) is 16.8. The highest BCUT2D eigenvalue weighted by Gasteiger charge is 2.11. The van der Waals surface area contributed by atoms with Crippen LogP contribution in [0.5, 0.6) is 0 Å². The molecule has 0 unspecified atom stereocenters. The van der Waals surface area contributed by atoms with E-state index in [0.717, 1.165) is 22.0 Å². The molecule has 0 aliphatic rings. The van der Waals surface area contributed by atoms with Crippen LogP contribution in [-0.2, 0) is 4.79 Å². The Labute approximate surface area is 148 Å². The zero-order valence-electron chi connectivity index (χ0n) is 13.6. The number of amides is 1. The fourth-order valence-electron chi connectivity index (χ4n) is 2.27. The van der Waals surface area contributed by atoms with E-state index in [1.807, 2.05) is 50.4 Å². The standard InChI is InChI=1S/C16H17N5OS2/c1-10-8-11(2)21-15(17-10)19-16(20-21)24-9-14(22)18-12-6-4-5-7-13(12)23-3/h4-8H,9H2,1-3H3,(H,18,22). The molecule has 0 saturated carbocycles. The van der Waals surface area contributed by atoms with Gasteiger partial charge in [0.05, 0.1) is 11.4 Å². The maximum Gasteiger partial charge on any atom is 0.253 e. The lowest BCUT2D eigenvalue weighted by Gasteiger charge is -2.08. The second-order valence-electron chi connectivity index (χ2n) is 5.18. The lowest BCUT2D eigenvalue weighted by atomic mass is 10.3. The molecule has 2 aromatic heterocycles. The number of para-hydroxylation sites is 1. The molecule has 3 rings (SSSR count). The minimum absolute atomic E-state index is 0.0822. The van der Waals surface area contributed by atoms with Gasteiger partial charge in [-0.3, -0.25) is 4.79 Å². The highest BCUT2D eigenvalue weighted by Crippen LogP contribution is 2.25. The van der Waals surface area contributed by atoms with Crippen molar-refractivity contribution in [2.45, 2.75) is 23.9 Å². The van der Waals surface area contributed by atoms with Crippen LogP contribution in [0.15, 0.2) is 40.4 Å². The van der Waals surface area contributed by atoms with Gasteiger partial charge in [-0.15, -0.1) is 16.9 Å². The van der Waals surface area contributed by atoms with Gasteiger partial charge in [0, 0.05) is 16.3 Å². The first-order chi connectivity index (χ1) is 11.6. The van der Waals surface area contributed by atoms with Crippen LogP contribution in [0.1, 0.15) is 11.4 Å². The minimum Gasteiger partial charge on any atom is -0.324 e. The zero-order valence-corrected chi connectivity index (χ0v) is 15.2. The third kappa shape index (κ3) is 3.70. The molecule has 0 radical (unpaired) electrons. The number of aromatic nitrogens is 4. The van der Waals surface area contributed by atoms with Crippen molar-refractivity contribution in [3.8, 4) is 0 Å². The lowest BCUT2D eigenvalue weighted by Crippen LogP contribution is -2.14. The zero-order chi connectivity index (χ0) is 17.1. The van der Waals surface area contributed by atoms with Gasteiger partial charge in [-0.05, 0) is 38.3 Å². The summed E-state index contributed by atoms with van der Waals surface area (Å²) in [4.78, 5) is 21.9. The van der Waals surface area contributed by atoms with E-state index in [2.05, 4.69) is 20.4 Å². The summed E-state index contributed by atoms with van der Waals surface area (Å²) in [6.45, 7) is 3.88. The molecule has 1 aromatic carbocycles. The Balaban J connectivity index is 1.67. The number of carbonyl (C=O) groups excluding carboxylic acids is 1. The van der Waals surface area contributed by atoms with E-state index < -0.39 is 0 Å². The second-order valence-corrected chi connectivity index (χ2v) is 6.97. The van der Waals surface area contributed by atoms with Crippen LogP contribution in [0.25, 0.3) is 5.78 Å². The fourth-order valence-corrected chi connectivity index (χ4v) is 3.44. The fraction of sp³-hybridized carbons (Fsp3) is 0.250. The van der Waals surface area contributed by atoms with Crippen molar-refractivity contribution < 1.29 is 4.79 Å². The van der Waals surface area contributed by atoms with Crippen molar-refractivity contribution in [3.05, 3.63) is 41.7 Å². The molecule has 2 heterocycles. The average Bonchev–Trinajstić information content (AvgIpc) is 2.97. The van der Waals surface area contributed by atoms with Crippen molar-refractivity contribution in [2.75, 3.05) is 17.3 Å². The number of nitrogens with zero attached hydrogens (tertiary/aromatic N) is 4. The quantitative estimate of drug-likeness (QED) is 0.706. The normalized spacial score (nSPS) is 11.0. The first-order valence-electron chi connectivity index (χ1n) is 7.33. The summed E-state index contributed by atoms with van der Waals surface area (Å²) >= 11 is 2.90. The van der Waals surface area contributed by atoms with Gasteiger partial charge >= 0.3 is 0 Å². The predicted molar refractivity (Wildman–Crippen MR) is 97.8 cm³/mol. The largest absolute Gasteiger partial charge is 0.324 e. The van der Waals surface area contributed by atoms with E-state index in [4.69, 9.17) is 0 Å². The number of rotatable bonds is 5. The molecular weight excluding hydrogens is 342 g/mol. The number of fused-ring (bicyclic) bond motifs is 1. The van der Waals surface area contributed by atoms with Gasteiger partial charge in [-0.2, -0.15) is 4.98 Å². The van der Waals surface area contributed by atoms with Crippen LogP contribution >= 0.6 is 23.5 Å². The van der Waals surface area contributed by atoms with E-state index in [0.29, 0.717) is 10.9 Å². The van der Waals surface area contributed by atoms with Crippen LogP contribution in [0.3, 0.4) is 0 Å². The summed E-state index contributed by atoms with van der Waals surface area (Å²) < 4.78 is 1.69. The molecule has 0 saturated heterocycles. The Kier molecular flexibility index (Phi) is 5.06. The van der Waals surface area contributed by atoms with Crippen molar-refractivity contribution in [2.24, 2.45) is 0 Å². The molecule has 24 heavy (non-hydrogen) atoms. The van der Waals surface area contributed by atoms with Crippen molar-refractivity contribution >= 4 is 40.9 Å². The van der Waals surface area contributed by atoms with Gasteiger partial charge in [0.25, 0.3) is 5.78 Å². The lowest BCUT2D eigenvalue weighted by molar-refractivity contribution is -0.113. The molecular formula is C16H17N5OS2. The van der Waals surface area contributed by atoms with Crippen LogP contribution in [-0.4, -0.2) is 37.5 Å². The summed E-state index contributed by atoms with van der Waals surface area (Å²) in [7, 11) is 0. The van der Waals surface area contributed by atoms with E-state index in [1.54, 1.807) is 16.3 Å². The Morgan fingerprint density at radius 3 is 2.83 bits per heavy atom. The molecule has 0 fully saturated rings. The summed E-state index contributed by atoms with van der Waals surface area (Å²) in [5.41, 5.74) is 2.69. The number of aryl methyl sites for hydroxylation is 2. The van der Waals surface area contributed by atoms with Crippen molar-refractivity contribution in [3.63, 3.8) is 0 Å². The number of benzene rings is 1. The Morgan fingerprint density at radius 1 is 1.25 bits per heavy atom. The van der Waals surface area contributed by atoms with Crippen LogP contribution in [0.2, 0.25) is 0 Å². The SMILES string of the molecule is CSc1ccccc1NC(=O)CSc1nc2nc(C)cc(C)n2n1. The summed E-state index contributed by atoms with van der Waals surface area (Å²) in [6.07, 6.45) is 1.98. The van der Waals surface area contributed by atoms with Gasteiger partial charge < -0.3 is 5.32 Å². The van der Waals surface area contributed by atoms with E-state index >= 15 is 0 Å². The Morgan fingerprint density at radius 2 is 2.04 bits per heavy atom. The molecule has 1 amide bonds. The smallest absolute Gasteiger partial charge is 0.253 e. The third-order valence-corrected chi connectivity index (χ3v) is 4.95. The van der Waals surface area contributed by atoms with Crippen LogP contribution in [0, 0.1) is 13.8 Å². The number of thioether (sulfide) groups is 2. The number of nitrogens with one attached hydrogen (secondary N) is 1. The van der Waals surface area contributed by atoms with Gasteiger partial charge in [0.2, 0.25) is 11.1 Å². The second kappa shape index (κ2) is 7.23. The molecule has 0 aliphatic carbocycles.